The Bertz CT molecular complexity index is 868. The van der Waals surface area contributed by atoms with E-state index >= 15 is 0 Å². The third-order valence-corrected chi connectivity index (χ3v) is 7.23. The van der Waals surface area contributed by atoms with Gasteiger partial charge in [0.15, 0.2) is 11.7 Å². The van der Waals surface area contributed by atoms with E-state index in [2.05, 4.69) is 7.05 Å². The number of rotatable bonds is 9. The molecule has 5 nitrogen and oxygen atoms in total. The number of esters is 1. The zero-order valence-corrected chi connectivity index (χ0v) is 19.1. The standard InChI is InChI=1S/C27H36NO4/c1-28(18-10-20-31-24-15-6-3-7-16-24)19-17-25(21-28)32-26(29)27(30,23-13-8-9-14-23)22-11-4-2-5-12-22/h2-7,11-12,15-16,23,25,30H,8-10,13-14,17-21H2,1H3/q+1/t25?,27-,28?/m0/s1. The van der Waals surface area contributed by atoms with Gasteiger partial charge in [-0.1, -0.05) is 61.4 Å². The first kappa shape index (κ1) is 22.8. The second kappa shape index (κ2) is 10.1. The number of quaternary nitrogens is 1. The number of hydrogen-bond acceptors (Lipinski definition) is 4. The van der Waals surface area contributed by atoms with Gasteiger partial charge >= 0.3 is 5.97 Å². The molecule has 2 aromatic carbocycles. The quantitative estimate of drug-likeness (QED) is 0.360. The van der Waals surface area contributed by atoms with Crippen LogP contribution < -0.4 is 4.74 Å². The van der Waals surface area contributed by atoms with E-state index in [1.807, 2.05) is 60.7 Å². The molecule has 0 spiro atoms. The highest BCUT2D eigenvalue weighted by Gasteiger charge is 2.49. The Morgan fingerprint density at radius 1 is 1.03 bits per heavy atom. The Balaban J connectivity index is 1.32. The molecule has 2 aromatic rings. The van der Waals surface area contributed by atoms with E-state index < -0.39 is 11.6 Å². The molecule has 2 aliphatic rings. The Morgan fingerprint density at radius 3 is 2.38 bits per heavy atom. The number of carbonyl (C=O) groups excluding carboxylic acids is 1. The lowest BCUT2D eigenvalue weighted by Crippen LogP contribution is -2.47. The lowest BCUT2D eigenvalue weighted by molar-refractivity contribution is -0.899. The highest BCUT2D eigenvalue weighted by Crippen LogP contribution is 2.42. The normalized spacial score (nSPS) is 25.4. The van der Waals surface area contributed by atoms with E-state index in [4.69, 9.17) is 9.47 Å². The number of benzene rings is 2. The molecule has 0 bridgehead atoms. The fourth-order valence-electron chi connectivity index (χ4n) is 5.38. The van der Waals surface area contributed by atoms with Crippen LogP contribution in [0.1, 0.15) is 44.1 Å². The molecular weight excluding hydrogens is 402 g/mol. The van der Waals surface area contributed by atoms with Crippen molar-refractivity contribution in [3.8, 4) is 5.75 Å². The monoisotopic (exact) mass is 438 g/mol. The van der Waals surface area contributed by atoms with E-state index in [9.17, 15) is 9.90 Å². The minimum absolute atomic E-state index is 0.0742. The maximum Gasteiger partial charge on any atom is 0.343 e. The van der Waals surface area contributed by atoms with Crippen LogP contribution in [-0.4, -0.2) is 55.0 Å². The van der Waals surface area contributed by atoms with Crippen LogP contribution >= 0.6 is 0 Å². The van der Waals surface area contributed by atoms with Crippen molar-refractivity contribution in [2.24, 2.45) is 5.92 Å². The highest BCUT2D eigenvalue weighted by molar-refractivity contribution is 5.81. The third kappa shape index (κ3) is 5.16. The van der Waals surface area contributed by atoms with Gasteiger partial charge in [0.05, 0.1) is 26.7 Å². The number of hydrogen-bond donors (Lipinski definition) is 1. The summed E-state index contributed by atoms with van der Waals surface area (Å²) in [7, 11) is 2.22. The first-order valence-corrected chi connectivity index (χ1v) is 12.0. The fourth-order valence-corrected chi connectivity index (χ4v) is 5.38. The summed E-state index contributed by atoms with van der Waals surface area (Å²) in [5.41, 5.74) is -0.891. The van der Waals surface area contributed by atoms with Crippen molar-refractivity contribution < 1.29 is 23.9 Å². The van der Waals surface area contributed by atoms with Crippen molar-refractivity contribution in [3.05, 3.63) is 66.2 Å². The van der Waals surface area contributed by atoms with Gasteiger partial charge in [-0.05, 0) is 30.5 Å². The predicted molar refractivity (Wildman–Crippen MR) is 124 cm³/mol. The molecule has 5 heteroatoms. The highest BCUT2D eigenvalue weighted by atomic mass is 16.6. The van der Waals surface area contributed by atoms with E-state index in [0.29, 0.717) is 12.2 Å². The van der Waals surface area contributed by atoms with Crippen LogP contribution in [0.3, 0.4) is 0 Å². The van der Waals surface area contributed by atoms with Crippen LogP contribution in [0.25, 0.3) is 0 Å². The Hall–Kier alpha value is -2.37. The molecule has 32 heavy (non-hydrogen) atoms. The summed E-state index contributed by atoms with van der Waals surface area (Å²) < 4.78 is 12.7. The minimum Gasteiger partial charge on any atom is -0.493 e. The van der Waals surface area contributed by atoms with Gasteiger partial charge in [0.1, 0.15) is 12.3 Å². The molecule has 1 saturated heterocycles. The maximum absolute atomic E-state index is 13.3. The zero-order chi connectivity index (χ0) is 22.4. The van der Waals surface area contributed by atoms with E-state index in [1.165, 1.54) is 0 Å². The topological polar surface area (TPSA) is 55.8 Å². The summed E-state index contributed by atoms with van der Waals surface area (Å²) in [6.07, 6.45) is 5.45. The molecule has 1 aliphatic heterocycles. The van der Waals surface area contributed by atoms with Crippen molar-refractivity contribution in [1.29, 1.82) is 0 Å². The molecule has 1 aliphatic carbocycles. The summed E-state index contributed by atoms with van der Waals surface area (Å²) in [6, 6.07) is 19.2. The Kier molecular flexibility index (Phi) is 7.17. The van der Waals surface area contributed by atoms with Gasteiger partial charge in [-0.3, -0.25) is 0 Å². The average Bonchev–Trinajstić information content (AvgIpc) is 3.48. The van der Waals surface area contributed by atoms with Crippen LogP contribution in [0.4, 0.5) is 0 Å². The van der Waals surface area contributed by atoms with Gasteiger partial charge in [-0.25, -0.2) is 4.79 Å². The van der Waals surface area contributed by atoms with Gasteiger partial charge < -0.3 is 19.1 Å². The molecular formula is C27H36NO4+. The summed E-state index contributed by atoms with van der Waals surface area (Å²) in [5.74, 6) is 0.353. The predicted octanol–water partition coefficient (Wildman–Crippen LogP) is 4.30. The molecule has 2 unspecified atom stereocenters. The molecule has 172 valence electrons. The van der Waals surface area contributed by atoms with Crippen molar-refractivity contribution in [1.82, 2.24) is 0 Å². The third-order valence-electron chi connectivity index (χ3n) is 7.23. The maximum atomic E-state index is 13.3. The van der Waals surface area contributed by atoms with Gasteiger partial charge in [-0.15, -0.1) is 0 Å². The van der Waals surface area contributed by atoms with E-state index in [0.717, 1.165) is 68.4 Å². The second-order valence-corrected chi connectivity index (χ2v) is 9.69. The summed E-state index contributed by atoms with van der Waals surface area (Å²) in [5, 5.41) is 11.6. The van der Waals surface area contributed by atoms with Crippen LogP contribution in [0.5, 0.6) is 5.75 Å². The molecule has 0 aromatic heterocycles. The number of carbonyl (C=O) groups is 1. The smallest absolute Gasteiger partial charge is 0.343 e. The molecule has 1 saturated carbocycles. The van der Waals surface area contributed by atoms with Crippen LogP contribution in [0.15, 0.2) is 60.7 Å². The van der Waals surface area contributed by atoms with Gasteiger partial charge in [0.2, 0.25) is 0 Å². The Morgan fingerprint density at radius 2 is 1.69 bits per heavy atom. The average molecular weight is 439 g/mol. The number of likely N-dealkylation sites (tertiary alicyclic amines) is 1. The number of para-hydroxylation sites is 1. The first-order valence-electron chi connectivity index (χ1n) is 12.0. The van der Waals surface area contributed by atoms with Crippen molar-refractivity contribution in [2.45, 2.75) is 50.2 Å². The van der Waals surface area contributed by atoms with Crippen LogP contribution in [0.2, 0.25) is 0 Å². The van der Waals surface area contributed by atoms with Gasteiger partial charge in [0.25, 0.3) is 0 Å². The van der Waals surface area contributed by atoms with E-state index in [1.54, 1.807) is 0 Å². The number of aliphatic hydroxyl groups is 1. The van der Waals surface area contributed by atoms with Crippen LogP contribution in [-0.2, 0) is 15.1 Å². The Labute approximate surface area is 191 Å². The molecule has 0 radical (unpaired) electrons. The number of nitrogens with zero attached hydrogens (tertiary/aromatic N) is 1. The van der Waals surface area contributed by atoms with E-state index in [-0.39, 0.29) is 12.0 Å². The zero-order valence-electron chi connectivity index (χ0n) is 19.1. The molecule has 1 N–H and O–H groups in total. The van der Waals surface area contributed by atoms with Crippen molar-refractivity contribution in [2.75, 3.05) is 33.3 Å². The molecule has 0 amide bonds. The lowest BCUT2D eigenvalue weighted by Gasteiger charge is -2.33. The molecule has 3 atom stereocenters. The van der Waals surface area contributed by atoms with Gasteiger partial charge in [0, 0.05) is 18.8 Å². The summed E-state index contributed by atoms with van der Waals surface area (Å²) in [6.45, 7) is 3.41. The second-order valence-electron chi connectivity index (χ2n) is 9.69. The molecule has 4 rings (SSSR count). The summed E-state index contributed by atoms with van der Waals surface area (Å²) >= 11 is 0. The van der Waals surface area contributed by atoms with Crippen LogP contribution in [0, 0.1) is 5.92 Å². The van der Waals surface area contributed by atoms with Crippen molar-refractivity contribution in [3.63, 3.8) is 0 Å². The lowest BCUT2D eigenvalue weighted by atomic mass is 9.80. The SMILES string of the molecule is C[N+]1(CCCOc2ccccc2)CCC(OC(=O)[C@](O)(c2ccccc2)C2CCCC2)C1. The number of likely N-dealkylation sites (N-methyl/N-ethyl adjacent to an activating group) is 1. The minimum atomic E-state index is -1.55. The van der Waals surface area contributed by atoms with Gasteiger partial charge in [-0.2, -0.15) is 0 Å². The first-order chi connectivity index (χ1) is 15.5. The number of ether oxygens (including phenoxy) is 2. The van der Waals surface area contributed by atoms with Crippen molar-refractivity contribution >= 4 is 5.97 Å². The largest absolute Gasteiger partial charge is 0.493 e. The molecule has 1 heterocycles. The summed E-state index contributed by atoms with van der Waals surface area (Å²) in [4.78, 5) is 13.3. The molecule has 2 fully saturated rings. The fraction of sp³-hybridized carbons (Fsp3) is 0.519.